The molecule has 1 aromatic heterocycles. The second-order valence-electron chi connectivity index (χ2n) is 5.79. The number of benzene rings is 1. The van der Waals surface area contributed by atoms with Crippen LogP contribution in [0.3, 0.4) is 0 Å². The molecule has 1 aliphatic heterocycles. The molecule has 6 nitrogen and oxygen atoms in total. The van der Waals surface area contributed by atoms with Crippen molar-refractivity contribution < 1.29 is 17.5 Å². The van der Waals surface area contributed by atoms with Crippen molar-refractivity contribution in [2.24, 2.45) is 0 Å². The quantitative estimate of drug-likeness (QED) is 0.809. The van der Waals surface area contributed by atoms with E-state index in [1.165, 1.54) is 4.31 Å². The number of aromatic nitrogens is 2. The molecule has 1 unspecified atom stereocenters. The Kier molecular flexibility index (Phi) is 5.21. The lowest BCUT2D eigenvalue weighted by Crippen LogP contribution is -2.44. The SMILES string of the molecule is Cc1c(Cl)cccc1S(=O)(=O)N1CCCC(Oc2ncc(F)cn2)C1. The minimum atomic E-state index is -3.68. The molecule has 1 fully saturated rings. The number of nitrogens with zero attached hydrogens (tertiary/aromatic N) is 3. The molecule has 0 bridgehead atoms. The van der Waals surface area contributed by atoms with Crippen LogP contribution in [0.4, 0.5) is 4.39 Å². The van der Waals surface area contributed by atoms with E-state index in [2.05, 4.69) is 9.97 Å². The number of hydrogen-bond acceptors (Lipinski definition) is 5. The molecule has 2 heterocycles. The van der Waals surface area contributed by atoms with Crippen LogP contribution in [0, 0.1) is 12.7 Å². The van der Waals surface area contributed by atoms with Crippen LogP contribution in [0.25, 0.3) is 0 Å². The number of hydrogen-bond donors (Lipinski definition) is 0. The summed E-state index contributed by atoms with van der Waals surface area (Å²) in [6, 6.07) is 4.85. The molecule has 134 valence electrons. The lowest BCUT2D eigenvalue weighted by Gasteiger charge is -2.31. The molecule has 3 rings (SSSR count). The second-order valence-corrected chi connectivity index (χ2v) is 8.11. The molecule has 0 saturated carbocycles. The Morgan fingerprint density at radius 3 is 2.76 bits per heavy atom. The van der Waals surface area contributed by atoms with Crippen LogP contribution < -0.4 is 4.74 Å². The van der Waals surface area contributed by atoms with Crippen LogP contribution in [0.15, 0.2) is 35.5 Å². The van der Waals surface area contributed by atoms with Crippen molar-refractivity contribution in [1.29, 1.82) is 0 Å². The van der Waals surface area contributed by atoms with Gasteiger partial charge in [0.05, 0.1) is 23.8 Å². The van der Waals surface area contributed by atoms with E-state index in [1.54, 1.807) is 25.1 Å². The molecule has 0 N–H and O–H groups in total. The van der Waals surface area contributed by atoms with Crippen LogP contribution in [-0.2, 0) is 10.0 Å². The van der Waals surface area contributed by atoms with Gasteiger partial charge in [0, 0.05) is 11.6 Å². The summed E-state index contributed by atoms with van der Waals surface area (Å²) in [5, 5.41) is 0.408. The molecule has 1 atom stereocenters. The van der Waals surface area contributed by atoms with Crippen molar-refractivity contribution in [1.82, 2.24) is 14.3 Å². The molecule has 0 radical (unpaired) electrons. The fourth-order valence-electron chi connectivity index (χ4n) is 2.74. The average molecular weight is 386 g/mol. The number of piperidine rings is 1. The largest absolute Gasteiger partial charge is 0.459 e. The summed E-state index contributed by atoms with van der Waals surface area (Å²) in [6.07, 6.45) is 2.93. The highest BCUT2D eigenvalue weighted by Crippen LogP contribution is 2.28. The lowest BCUT2D eigenvalue weighted by atomic mass is 10.1. The highest BCUT2D eigenvalue weighted by molar-refractivity contribution is 7.89. The van der Waals surface area contributed by atoms with E-state index in [-0.39, 0.29) is 17.5 Å². The number of ether oxygens (including phenoxy) is 1. The van der Waals surface area contributed by atoms with Crippen LogP contribution in [0.1, 0.15) is 18.4 Å². The second kappa shape index (κ2) is 7.23. The van der Waals surface area contributed by atoms with Gasteiger partial charge in [-0.3, -0.25) is 0 Å². The normalized spacial score (nSPS) is 18.9. The maximum Gasteiger partial charge on any atom is 0.316 e. The van der Waals surface area contributed by atoms with Gasteiger partial charge in [-0.05, 0) is 37.5 Å². The van der Waals surface area contributed by atoms with Crippen molar-refractivity contribution in [3.63, 3.8) is 0 Å². The van der Waals surface area contributed by atoms with Gasteiger partial charge in [0.25, 0.3) is 0 Å². The Hall–Kier alpha value is -1.77. The van der Waals surface area contributed by atoms with Crippen molar-refractivity contribution in [3.8, 4) is 6.01 Å². The molecule has 9 heteroatoms. The van der Waals surface area contributed by atoms with E-state index in [9.17, 15) is 12.8 Å². The standard InChI is InChI=1S/C16H17ClFN3O3S/c1-11-14(17)5-2-6-15(11)25(22,23)21-7-3-4-13(10-21)24-16-19-8-12(18)9-20-16/h2,5-6,8-9,13H,3-4,7,10H2,1H3. The third kappa shape index (κ3) is 3.91. The van der Waals surface area contributed by atoms with Crippen LogP contribution in [-0.4, -0.2) is 41.9 Å². The molecule has 2 aromatic rings. The van der Waals surface area contributed by atoms with Gasteiger partial charge in [-0.2, -0.15) is 4.31 Å². The number of halogens is 2. The molecule has 0 amide bonds. The molecular weight excluding hydrogens is 369 g/mol. The molecule has 25 heavy (non-hydrogen) atoms. The third-order valence-electron chi connectivity index (χ3n) is 4.05. The van der Waals surface area contributed by atoms with Gasteiger partial charge < -0.3 is 4.74 Å². The fraction of sp³-hybridized carbons (Fsp3) is 0.375. The van der Waals surface area contributed by atoms with E-state index in [4.69, 9.17) is 16.3 Å². The Morgan fingerprint density at radius 1 is 1.32 bits per heavy atom. The van der Waals surface area contributed by atoms with Crippen molar-refractivity contribution in [2.75, 3.05) is 13.1 Å². The van der Waals surface area contributed by atoms with Gasteiger partial charge in [-0.25, -0.2) is 22.8 Å². The fourth-order valence-corrected chi connectivity index (χ4v) is 4.72. The minimum absolute atomic E-state index is 0.0320. The van der Waals surface area contributed by atoms with Gasteiger partial charge in [0.15, 0.2) is 5.82 Å². The summed E-state index contributed by atoms with van der Waals surface area (Å²) < 4.78 is 45.7. The smallest absolute Gasteiger partial charge is 0.316 e. The van der Waals surface area contributed by atoms with Crippen molar-refractivity contribution in [2.45, 2.75) is 30.8 Å². The average Bonchev–Trinajstić information content (AvgIpc) is 2.59. The molecule has 1 aliphatic rings. The molecule has 0 aliphatic carbocycles. The van der Waals surface area contributed by atoms with Crippen LogP contribution in [0.2, 0.25) is 5.02 Å². The first-order valence-corrected chi connectivity index (χ1v) is 9.59. The Bertz CT molecular complexity index is 861. The summed E-state index contributed by atoms with van der Waals surface area (Å²) in [6.45, 7) is 2.26. The highest BCUT2D eigenvalue weighted by atomic mass is 35.5. The van der Waals surface area contributed by atoms with Gasteiger partial charge in [-0.1, -0.05) is 17.7 Å². The summed E-state index contributed by atoms with van der Waals surface area (Å²) in [7, 11) is -3.68. The Morgan fingerprint density at radius 2 is 2.04 bits per heavy atom. The molecule has 1 saturated heterocycles. The first kappa shape index (κ1) is 18.0. The zero-order chi connectivity index (χ0) is 18.0. The molecule has 0 spiro atoms. The highest BCUT2D eigenvalue weighted by Gasteiger charge is 2.32. The maximum atomic E-state index is 12.9. The predicted octanol–water partition coefficient (Wildman–Crippen LogP) is 2.81. The third-order valence-corrected chi connectivity index (χ3v) is 6.46. The minimum Gasteiger partial charge on any atom is -0.459 e. The van der Waals surface area contributed by atoms with Gasteiger partial charge >= 0.3 is 6.01 Å². The zero-order valence-electron chi connectivity index (χ0n) is 13.5. The van der Waals surface area contributed by atoms with E-state index >= 15 is 0 Å². The maximum absolute atomic E-state index is 12.9. The summed E-state index contributed by atoms with van der Waals surface area (Å²) >= 11 is 6.05. The topological polar surface area (TPSA) is 72.4 Å². The summed E-state index contributed by atoms with van der Waals surface area (Å²) in [5.41, 5.74) is 0.522. The van der Waals surface area contributed by atoms with E-state index in [0.717, 1.165) is 12.4 Å². The molecular formula is C16H17ClFN3O3S. The van der Waals surface area contributed by atoms with Gasteiger partial charge in [0.2, 0.25) is 10.0 Å². The Labute approximate surface area is 150 Å². The lowest BCUT2D eigenvalue weighted by molar-refractivity contribution is 0.119. The molecule has 1 aromatic carbocycles. The van der Waals surface area contributed by atoms with Gasteiger partial charge in [-0.15, -0.1) is 0 Å². The van der Waals surface area contributed by atoms with Crippen LogP contribution in [0.5, 0.6) is 6.01 Å². The van der Waals surface area contributed by atoms with Gasteiger partial charge in [0.1, 0.15) is 6.10 Å². The van der Waals surface area contributed by atoms with Crippen molar-refractivity contribution in [3.05, 3.63) is 47.0 Å². The number of sulfonamides is 1. The zero-order valence-corrected chi connectivity index (χ0v) is 15.1. The number of rotatable bonds is 4. The predicted molar refractivity (Wildman–Crippen MR) is 90.6 cm³/mol. The summed E-state index contributed by atoms with van der Waals surface area (Å²) in [4.78, 5) is 7.69. The monoisotopic (exact) mass is 385 g/mol. The first-order chi connectivity index (χ1) is 11.9. The summed E-state index contributed by atoms with van der Waals surface area (Å²) in [5.74, 6) is -0.559. The van der Waals surface area contributed by atoms with E-state index in [0.29, 0.717) is 30.0 Å². The van der Waals surface area contributed by atoms with E-state index < -0.39 is 21.9 Å². The van der Waals surface area contributed by atoms with Crippen LogP contribution >= 0.6 is 11.6 Å². The Balaban J connectivity index is 1.78. The van der Waals surface area contributed by atoms with Crippen molar-refractivity contribution >= 4 is 21.6 Å². The van der Waals surface area contributed by atoms with E-state index in [1.807, 2.05) is 0 Å². The first-order valence-electron chi connectivity index (χ1n) is 7.77.